The van der Waals surface area contributed by atoms with Gasteiger partial charge in [-0.1, -0.05) is 19.0 Å². The molecule has 0 aliphatic carbocycles. The van der Waals surface area contributed by atoms with Crippen LogP contribution in [-0.2, 0) is 0 Å². The van der Waals surface area contributed by atoms with Crippen LogP contribution >= 0.6 is 0 Å². The van der Waals surface area contributed by atoms with Crippen molar-refractivity contribution < 1.29 is 5.21 Å². The molecule has 2 rings (SSSR count). The first-order valence-corrected chi connectivity index (χ1v) is 7.29. The van der Waals surface area contributed by atoms with Crippen molar-refractivity contribution >= 4 is 11.8 Å². The van der Waals surface area contributed by atoms with E-state index in [0.29, 0.717) is 12.5 Å². The number of hydrogen-bond donors (Lipinski definition) is 2. The van der Waals surface area contributed by atoms with Crippen LogP contribution in [0.5, 0.6) is 0 Å². The highest BCUT2D eigenvalue weighted by Gasteiger charge is 2.20. The number of hydrogen-bond acceptors (Lipinski definition) is 6. The summed E-state index contributed by atoms with van der Waals surface area (Å²) in [6.07, 6.45) is 0. The quantitative estimate of drug-likeness (QED) is 0.369. The van der Waals surface area contributed by atoms with Crippen molar-refractivity contribution in [1.29, 1.82) is 0 Å². The smallest absolute Gasteiger partial charge is 0.225 e. The van der Waals surface area contributed by atoms with Crippen molar-refractivity contribution in [3.05, 3.63) is 17.5 Å². The molecule has 116 valence electrons. The number of anilines is 1. The molecule has 0 aromatic carbocycles. The summed E-state index contributed by atoms with van der Waals surface area (Å²) in [7, 11) is 0. The summed E-state index contributed by atoms with van der Waals surface area (Å²) in [4.78, 5) is 13.6. The average molecular weight is 292 g/mol. The second kappa shape index (κ2) is 6.71. The first-order chi connectivity index (χ1) is 9.99. The number of nitrogens with two attached hydrogens (primary N) is 1. The maximum absolute atomic E-state index is 8.61. The van der Waals surface area contributed by atoms with Crippen LogP contribution in [-0.4, -0.2) is 58.6 Å². The van der Waals surface area contributed by atoms with E-state index in [0.717, 1.165) is 43.5 Å². The first-order valence-electron chi connectivity index (χ1n) is 7.29. The highest BCUT2D eigenvalue weighted by Crippen LogP contribution is 2.18. The Morgan fingerprint density at radius 1 is 1.33 bits per heavy atom. The first kappa shape index (κ1) is 15.5. The summed E-state index contributed by atoms with van der Waals surface area (Å²) in [5.74, 6) is 1.45. The van der Waals surface area contributed by atoms with E-state index < -0.39 is 0 Å². The van der Waals surface area contributed by atoms with Crippen LogP contribution in [0.25, 0.3) is 0 Å². The molecule has 0 radical (unpaired) electrons. The van der Waals surface area contributed by atoms with Crippen LogP contribution < -0.4 is 10.6 Å². The molecule has 21 heavy (non-hydrogen) atoms. The number of rotatable bonds is 4. The molecule has 0 bridgehead atoms. The van der Waals surface area contributed by atoms with Gasteiger partial charge in [0.1, 0.15) is 0 Å². The Morgan fingerprint density at radius 3 is 2.57 bits per heavy atom. The van der Waals surface area contributed by atoms with Gasteiger partial charge in [-0.2, -0.15) is 0 Å². The van der Waals surface area contributed by atoms with Crippen molar-refractivity contribution in [1.82, 2.24) is 14.9 Å². The lowest BCUT2D eigenvalue weighted by Gasteiger charge is -2.34. The average Bonchev–Trinajstić information content (AvgIpc) is 2.47. The van der Waals surface area contributed by atoms with Gasteiger partial charge in [-0.15, -0.1) is 0 Å². The summed E-state index contributed by atoms with van der Waals surface area (Å²) in [5.41, 5.74) is 7.63. The molecule has 0 unspecified atom stereocenters. The Labute approximate surface area is 125 Å². The van der Waals surface area contributed by atoms with E-state index in [-0.39, 0.29) is 5.84 Å². The summed E-state index contributed by atoms with van der Waals surface area (Å²) in [6.45, 7) is 10.2. The van der Waals surface area contributed by atoms with Crippen LogP contribution in [0.4, 0.5) is 5.95 Å². The van der Waals surface area contributed by atoms with Crippen molar-refractivity contribution in [2.24, 2.45) is 10.9 Å². The Morgan fingerprint density at radius 2 is 2.00 bits per heavy atom. The predicted octanol–water partition coefficient (Wildman–Crippen LogP) is 0.777. The maximum Gasteiger partial charge on any atom is 0.225 e. The minimum absolute atomic E-state index is 0.248. The van der Waals surface area contributed by atoms with Crippen LogP contribution in [0.3, 0.4) is 0 Å². The van der Waals surface area contributed by atoms with E-state index in [1.807, 2.05) is 13.0 Å². The van der Waals surface area contributed by atoms with Gasteiger partial charge in [-0.25, -0.2) is 9.97 Å². The highest BCUT2D eigenvalue weighted by atomic mass is 16.4. The molecule has 0 atom stereocenters. The lowest BCUT2D eigenvalue weighted by Crippen LogP contribution is -2.49. The fourth-order valence-corrected chi connectivity index (χ4v) is 2.38. The molecule has 7 heteroatoms. The molecule has 1 aliphatic heterocycles. The van der Waals surface area contributed by atoms with E-state index in [1.165, 1.54) is 0 Å². The Balaban J connectivity index is 2.02. The standard InChI is InChI=1S/C14H24N6O/c1-10(2)12-8-11(3)16-14(17-12)20-6-4-19(5-7-20)9-13(15)18-21/h8,10,21H,4-7,9H2,1-3H3,(H2,15,18). The van der Waals surface area contributed by atoms with E-state index in [9.17, 15) is 0 Å². The van der Waals surface area contributed by atoms with Gasteiger partial charge in [0.15, 0.2) is 5.84 Å². The van der Waals surface area contributed by atoms with Crippen LogP contribution in [0.1, 0.15) is 31.2 Å². The Kier molecular flexibility index (Phi) is 4.95. The zero-order chi connectivity index (χ0) is 15.4. The molecule has 7 nitrogen and oxygen atoms in total. The third-order valence-corrected chi connectivity index (χ3v) is 3.62. The summed E-state index contributed by atoms with van der Waals surface area (Å²) in [5, 5.41) is 11.6. The maximum atomic E-state index is 8.61. The zero-order valence-corrected chi connectivity index (χ0v) is 13.0. The van der Waals surface area contributed by atoms with Crippen molar-refractivity contribution in [2.45, 2.75) is 26.7 Å². The molecule has 0 spiro atoms. The lowest BCUT2D eigenvalue weighted by molar-refractivity contribution is 0.277. The summed E-state index contributed by atoms with van der Waals surface area (Å²) < 4.78 is 0. The largest absolute Gasteiger partial charge is 0.409 e. The van der Waals surface area contributed by atoms with E-state index in [1.54, 1.807) is 0 Å². The fraction of sp³-hybridized carbons (Fsp3) is 0.643. The molecule has 1 aromatic rings. The second-order valence-corrected chi connectivity index (χ2v) is 5.74. The number of nitrogens with zero attached hydrogens (tertiary/aromatic N) is 5. The number of oxime groups is 1. The Bertz CT molecular complexity index is 508. The molecular weight excluding hydrogens is 268 g/mol. The second-order valence-electron chi connectivity index (χ2n) is 5.74. The molecule has 2 heterocycles. The van der Waals surface area contributed by atoms with Crippen LogP contribution in [0.2, 0.25) is 0 Å². The number of piperazine rings is 1. The number of aryl methyl sites for hydroxylation is 1. The molecule has 0 saturated carbocycles. The SMILES string of the molecule is Cc1cc(C(C)C)nc(N2CCN(C/C(N)=N/O)CC2)n1. The van der Waals surface area contributed by atoms with Gasteiger partial charge < -0.3 is 15.8 Å². The molecular formula is C14H24N6O. The fourth-order valence-electron chi connectivity index (χ4n) is 2.38. The van der Waals surface area contributed by atoms with Gasteiger partial charge in [-0.05, 0) is 18.9 Å². The minimum Gasteiger partial charge on any atom is -0.409 e. The Hall–Kier alpha value is -1.89. The normalized spacial score (nSPS) is 17.5. The van der Waals surface area contributed by atoms with E-state index >= 15 is 0 Å². The molecule has 3 N–H and O–H groups in total. The van der Waals surface area contributed by atoms with Crippen LogP contribution in [0, 0.1) is 6.92 Å². The van der Waals surface area contributed by atoms with Gasteiger partial charge in [-0.3, -0.25) is 4.90 Å². The van der Waals surface area contributed by atoms with Gasteiger partial charge in [0.2, 0.25) is 5.95 Å². The van der Waals surface area contributed by atoms with Crippen LogP contribution in [0.15, 0.2) is 11.2 Å². The molecule has 1 aromatic heterocycles. The minimum atomic E-state index is 0.248. The third-order valence-electron chi connectivity index (χ3n) is 3.62. The van der Waals surface area contributed by atoms with Gasteiger partial charge in [0, 0.05) is 37.6 Å². The molecule has 0 amide bonds. The molecule has 1 saturated heterocycles. The summed E-state index contributed by atoms with van der Waals surface area (Å²) in [6, 6.07) is 2.04. The highest BCUT2D eigenvalue weighted by molar-refractivity contribution is 5.81. The van der Waals surface area contributed by atoms with Crippen molar-refractivity contribution in [2.75, 3.05) is 37.6 Å². The third kappa shape index (κ3) is 4.04. The molecule has 1 aliphatic rings. The van der Waals surface area contributed by atoms with Gasteiger partial charge in [0.05, 0.1) is 6.54 Å². The van der Waals surface area contributed by atoms with Crippen molar-refractivity contribution in [3.63, 3.8) is 0 Å². The summed E-state index contributed by atoms with van der Waals surface area (Å²) >= 11 is 0. The van der Waals surface area contributed by atoms with E-state index in [4.69, 9.17) is 10.9 Å². The number of aromatic nitrogens is 2. The monoisotopic (exact) mass is 292 g/mol. The topological polar surface area (TPSA) is 90.9 Å². The van der Waals surface area contributed by atoms with Gasteiger partial charge in [0.25, 0.3) is 0 Å². The van der Waals surface area contributed by atoms with Gasteiger partial charge >= 0.3 is 0 Å². The zero-order valence-electron chi connectivity index (χ0n) is 13.0. The number of amidine groups is 1. The van der Waals surface area contributed by atoms with E-state index in [2.05, 4.69) is 38.8 Å². The predicted molar refractivity (Wildman–Crippen MR) is 82.9 cm³/mol. The van der Waals surface area contributed by atoms with Crippen molar-refractivity contribution in [3.8, 4) is 0 Å². The lowest BCUT2D eigenvalue weighted by atomic mass is 10.1. The molecule has 1 fully saturated rings.